The molecule has 0 saturated carbocycles. The van der Waals surface area contributed by atoms with Gasteiger partial charge >= 0.3 is 0 Å². The summed E-state index contributed by atoms with van der Waals surface area (Å²) in [6, 6.07) is 4.36. The molecule has 11 heteroatoms. The van der Waals surface area contributed by atoms with Crippen molar-refractivity contribution in [2.75, 3.05) is 25.6 Å². The van der Waals surface area contributed by atoms with Gasteiger partial charge in [-0.15, -0.1) is 0 Å². The van der Waals surface area contributed by atoms with E-state index in [1.165, 1.54) is 7.05 Å². The van der Waals surface area contributed by atoms with Crippen LogP contribution >= 0.6 is 0 Å². The van der Waals surface area contributed by atoms with E-state index >= 15 is 0 Å². The van der Waals surface area contributed by atoms with Crippen LogP contribution in [0.5, 0.6) is 0 Å². The molecule has 1 aromatic carbocycles. The molecule has 0 heterocycles. The van der Waals surface area contributed by atoms with Gasteiger partial charge in [-0.25, -0.2) is 30.4 Å². The lowest BCUT2D eigenvalue weighted by Gasteiger charge is -2.16. The predicted molar refractivity (Wildman–Crippen MR) is 77.3 cm³/mol. The number of benzene rings is 1. The van der Waals surface area contributed by atoms with Crippen LogP contribution in [0.3, 0.4) is 0 Å². The molecular formula is C10H16N2O6S3. The molecule has 0 unspecified atom stereocenters. The molecule has 1 aromatic rings. The molecule has 0 radical (unpaired) electrons. The van der Waals surface area contributed by atoms with Gasteiger partial charge in [0.1, 0.15) is 9.84 Å². The van der Waals surface area contributed by atoms with Gasteiger partial charge in [-0.3, -0.25) is 0 Å². The van der Waals surface area contributed by atoms with Crippen molar-refractivity contribution >= 4 is 29.9 Å². The molecule has 0 aliphatic rings. The lowest BCUT2D eigenvalue weighted by Crippen LogP contribution is -2.31. The molecule has 0 aromatic heterocycles. The minimum absolute atomic E-state index is 0.147. The number of hydrogen-bond acceptors (Lipinski definition) is 6. The first kappa shape index (κ1) is 18.0. The van der Waals surface area contributed by atoms with E-state index in [1.54, 1.807) is 0 Å². The number of hydrogen-bond donors (Lipinski definition) is 1. The molecule has 0 saturated heterocycles. The van der Waals surface area contributed by atoms with Crippen LogP contribution in [0.25, 0.3) is 0 Å². The van der Waals surface area contributed by atoms with Gasteiger partial charge in [0.2, 0.25) is 20.0 Å². The minimum Gasteiger partial charge on any atom is -0.229 e. The topological polar surface area (TPSA) is 132 Å². The average molecular weight is 356 g/mol. The molecule has 8 nitrogen and oxygen atoms in total. The van der Waals surface area contributed by atoms with Gasteiger partial charge < -0.3 is 0 Å². The Kier molecular flexibility index (Phi) is 5.16. The van der Waals surface area contributed by atoms with Gasteiger partial charge in [0.25, 0.3) is 0 Å². The van der Waals surface area contributed by atoms with Crippen molar-refractivity contribution in [1.29, 1.82) is 0 Å². The van der Waals surface area contributed by atoms with E-state index in [9.17, 15) is 25.3 Å². The second-order valence-electron chi connectivity index (χ2n) is 4.47. The summed E-state index contributed by atoms with van der Waals surface area (Å²) in [6.07, 6.45) is 1.01. The first-order valence-corrected chi connectivity index (χ1v) is 10.7. The zero-order valence-electron chi connectivity index (χ0n) is 11.4. The van der Waals surface area contributed by atoms with Gasteiger partial charge in [-0.2, -0.15) is 4.31 Å². The second-order valence-corrected chi connectivity index (χ2v) is 10.3. The van der Waals surface area contributed by atoms with Crippen molar-refractivity contribution in [3.05, 3.63) is 24.3 Å². The number of rotatable bonds is 6. The second kappa shape index (κ2) is 6.01. The number of primary sulfonamides is 1. The van der Waals surface area contributed by atoms with Crippen LogP contribution in [0.1, 0.15) is 0 Å². The van der Waals surface area contributed by atoms with Crippen LogP contribution in [0.15, 0.2) is 34.1 Å². The normalized spacial score (nSPS) is 13.5. The lowest BCUT2D eigenvalue weighted by atomic mass is 10.4. The maximum atomic E-state index is 12.2. The van der Waals surface area contributed by atoms with Crippen molar-refractivity contribution in [3.63, 3.8) is 0 Å². The van der Waals surface area contributed by atoms with E-state index < -0.39 is 29.9 Å². The Labute approximate surface area is 124 Å². The van der Waals surface area contributed by atoms with Crippen molar-refractivity contribution in [2.24, 2.45) is 5.14 Å². The third kappa shape index (κ3) is 5.04. The SMILES string of the molecule is CN(CCS(C)(=O)=O)S(=O)(=O)c1ccc(S(N)(=O)=O)cc1. The van der Waals surface area contributed by atoms with E-state index in [0.717, 1.165) is 34.8 Å². The molecule has 120 valence electrons. The van der Waals surface area contributed by atoms with Crippen LogP contribution in [0, 0.1) is 0 Å². The van der Waals surface area contributed by atoms with E-state index in [-0.39, 0.29) is 22.1 Å². The molecule has 2 N–H and O–H groups in total. The maximum Gasteiger partial charge on any atom is 0.242 e. The molecule has 1 rings (SSSR count). The summed E-state index contributed by atoms with van der Waals surface area (Å²) < 4.78 is 69.5. The lowest BCUT2D eigenvalue weighted by molar-refractivity contribution is 0.484. The Bertz CT molecular complexity index is 810. The van der Waals surface area contributed by atoms with Crippen molar-refractivity contribution in [3.8, 4) is 0 Å². The maximum absolute atomic E-state index is 12.2. The smallest absolute Gasteiger partial charge is 0.229 e. The van der Waals surface area contributed by atoms with Gasteiger partial charge in [0.15, 0.2) is 0 Å². The highest BCUT2D eigenvalue weighted by atomic mass is 32.2. The Morgan fingerprint density at radius 3 is 1.76 bits per heavy atom. The Hall–Kier alpha value is -1.01. The number of sulfone groups is 1. The Balaban J connectivity index is 3.03. The summed E-state index contributed by atoms with van der Waals surface area (Å²) in [5, 5.41) is 4.92. The fraction of sp³-hybridized carbons (Fsp3) is 0.400. The molecule has 0 spiro atoms. The zero-order valence-corrected chi connectivity index (χ0v) is 13.9. The first-order valence-electron chi connectivity index (χ1n) is 5.61. The molecule has 21 heavy (non-hydrogen) atoms. The average Bonchev–Trinajstić information content (AvgIpc) is 2.34. The highest BCUT2D eigenvalue weighted by Gasteiger charge is 2.22. The standard InChI is InChI=1S/C10H16N2O6S3/c1-12(7-8-19(2,13)14)21(17,18)10-5-3-9(4-6-10)20(11,15)16/h3-6H,7-8H2,1-2H3,(H2,11,15,16). The fourth-order valence-electron chi connectivity index (χ4n) is 1.40. The summed E-state index contributed by atoms with van der Waals surface area (Å²) in [4.78, 5) is -0.355. The van der Waals surface area contributed by atoms with Crippen LogP contribution in [-0.2, 0) is 29.9 Å². The third-order valence-electron chi connectivity index (χ3n) is 2.64. The summed E-state index contributed by atoms with van der Waals surface area (Å²) >= 11 is 0. The van der Waals surface area contributed by atoms with Crippen molar-refractivity contribution < 1.29 is 25.3 Å². The molecular weight excluding hydrogens is 340 g/mol. The summed E-state index contributed by atoms with van der Waals surface area (Å²) in [5.41, 5.74) is 0. The summed E-state index contributed by atoms with van der Waals surface area (Å²) in [7, 11) is -9.84. The molecule has 0 fully saturated rings. The molecule has 0 atom stereocenters. The number of nitrogens with zero attached hydrogens (tertiary/aromatic N) is 1. The summed E-state index contributed by atoms with van der Waals surface area (Å²) in [5.74, 6) is -0.308. The van der Waals surface area contributed by atoms with E-state index in [0.29, 0.717) is 0 Å². The fourth-order valence-corrected chi connectivity index (χ4v) is 3.80. The highest BCUT2D eigenvalue weighted by Crippen LogP contribution is 2.16. The van der Waals surface area contributed by atoms with Gasteiger partial charge in [-0.05, 0) is 24.3 Å². The van der Waals surface area contributed by atoms with Crippen LogP contribution in [0.2, 0.25) is 0 Å². The molecule has 0 amide bonds. The number of nitrogens with two attached hydrogens (primary N) is 1. The van der Waals surface area contributed by atoms with Crippen LogP contribution in [0.4, 0.5) is 0 Å². The highest BCUT2D eigenvalue weighted by molar-refractivity contribution is 7.91. The van der Waals surface area contributed by atoms with E-state index in [4.69, 9.17) is 5.14 Å². The molecule has 0 aliphatic heterocycles. The largest absolute Gasteiger partial charge is 0.242 e. The van der Waals surface area contributed by atoms with Crippen molar-refractivity contribution in [2.45, 2.75) is 9.79 Å². The third-order valence-corrected chi connectivity index (χ3v) is 6.36. The van der Waals surface area contributed by atoms with Gasteiger partial charge in [-0.1, -0.05) is 0 Å². The monoisotopic (exact) mass is 356 g/mol. The van der Waals surface area contributed by atoms with E-state index in [1.807, 2.05) is 0 Å². The Morgan fingerprint density at radius 1 is 0.952 bits per heavy atom. The quantitative estimate of drug-likeness (QED) is 0.695. The van der Waals surface area contributed by atoms with Crippen LogP contribution < -0.4 is 5.14 Å². The zero-order chi connectivity index (χ0) is 16.5. The Morgan fingerprint density at radius 2 is 1.38 bits per heavy atom. The van der Waals surface area contributed by atoms with E-state index in [2.05, 4.69) is 0 Å². The molecule has 0 bridgehead atoms. The van der Waals surface area contributed by atoms with Gasteiger partial charge in [0.05, 0.1) is 15.5 Å². The number of sulfonamides is 2. The minimum atomic E-state index is -3.90. The summed E-state index contributed by atoms with van der Waals surface area (Å²) in [6.45, 7) is -0.196. The van der Waals surface area contributed by atoms with Crippen molar-refractivity contribution in [1.82, 2.24) is 4.31 Å². The predicted octanol–water partition coefficient (Wildman–Crippen LogP) is -1.00. The molecule has 0 aliphatic carbocycles. The first-order chi connectivity index (χ1) is 9.34. The van der Waals surface area contributed by atoms with Gasteiger partial charge in [0, 0.05) is 19.8 Å². The van der Waals surface area contributed by atoms with Crippen LogP contribution in [-0.4, -0.2) is 55.2 Å².